The third-order valence-corrected chi connectivity index (χ3v) is 3.92. The van der Waals surface area contributed by atoms with E-state index in [2.05, 4.69) is 25.9 Å². The van der Waals surface area contributed by atoms with E-state index in [-0.39, 0.29) is 11.9 Å². The first-order valence-corrected chi connectivity index (χ1v) is 6.83. The normalized spacial score (nSPS) is 14.9. The fraction of sp³-hybridized carbons (Fsp3) is 0.538. The van der Waals surface area contributed by atoms with Gasteiger partial charge < -0.3 is 10.6 Å². The Morgan fingerprint density at radius 1 is 1.29 bits per heavy atom. The molecule has 2 atom stereocenters. The molecule has 0 saturated heterocycles. The summed E-state index contributed by atoms with van der Waals surface area (Å²) in [5.41, 5.74) is 7.15. The first kappa shape index (κ1) is 14.5. The summed E-state index contributed by atoms with van der Waals surface area (Å²) in [6.45, 7) is 3.17. The predicted molar refractivity (Wildman–Crippen MR) is 73.8 cm³/mol. The van der Waals surface area contributed by atoms with Crippen molar-refractivity contribution in [2.75, 3.05) is 26.4 Å². The third kappa shape index (κ3) is 5.06. The average Bonchev–Trinajstić information content (AvgIpc) is 2.28. The topological polar surface area (TPSA) is 29.3 Å². The lowest BCUT2D eigenvalue weighted by Crippen LogP contribution is -2.23. The zero-order chi connectivity index (χ0) is 12.8. The van der Waals surface area contributed by atoms with Crippen molar-refractivity contribution in [1.29, 1.82) is 0 Å². The minimum absolute atomic E-state index is 0.0391. The van der Waals surface area contributed by atoms with E-state index in [4.69, 9.17) is 5.73 Å². The smallest absolute Gasteiger partial charge is 0.123 e. The zero-order valence-electron chi connectivity index (χ0n) is 10.7. The van der Waals surface area contributed by atoms with Crippen LogP contribution in [0.15, 0.2) is 24.3 Å². The van der Waals surface area contributed by atoms with Crippen LogP contribution in [0.1, 0.15) is 18.5 Å². The SMILES string of the molecule is CC(SCCN(C)C)C(N)c1ccc(F)cc1. The molecule has 2 N–H and O–H groups in total. The van der Waals surface area contributed by atoms with Crippen LogP contribution in [0.2, 0.25) is 0 Å². The maximum Gasteiger partial charge on any atom is 0.123 e. The highest BCUT2D eigenvalue weighted by Gasteiger charge is 2.15. The minimum atomic E-state index is -0.214. The summed E-state index contributed by atoms with van der Waals surface area (Å²) in [6, 6.07) is 6.42. The van der Waals surface area contributed by atoms with E-state index >= 15 is 0 Å². The molecule has 2 nitrogen and oxygen atoms in total. The van der Waals surface area contributed by atoms with E-state index in [9.17, 15) is 4.39 Å². The van der Waals surface area contributed by atoms with Crippen LogP contribution in [0, 0.1) is 5.82 Å². The van der Waals surface area contributed by atoms with E-state index in [0.717, 1.165) is 17.9 Å². The zero-order valence-corrected chi connectivity index (χ0v) is 11.5. The van der Waals surface area contributed by atoms with Crippen LogP contribution in [0.4, 0.5) is 4.39 Å². The number of thioether (sulfide) groups is 1. The van der Waals surface area contributed by atoms with Gasteiger partial charge in [-0.25, -0.2) is 4.39 Å². The summed E-state index contributed by atoms with van der Waals surface area (Å²) >= 11 is 1.85. The third-order valence-electron chi connectivity index (χ3n) is 2.68. The Bertz CT molecular complexity index is 327. The quantitative estimate of drug-likeness (QED) is 0.848. The number of rotatable bonds is 6. The van der Waals surface area contributed by atoms with Gasteiger partial charge in [-0.2, -0.15) is 11.8 Å². The first-order chi connectivity index (χ1) is 8.00. The Labute approximate surface area is 107 Å². The molecule has 0 spiro atoms. The van der Waals surface area contributed by atoms with Gasteiger partial charge in [-0.15, -0.1) is 0 Å². The summed E-state index contributed by atoms with van der Waals surface area (Å²) in [7, 11) is 4.12. The number of nitrogens with two attached hydrogens (primary N) is 1. The van der Waals surface area contributed by atoms with Crippen molar-refractivity contribution < 1.29 is 4.39 Å². The van der Waals surface area contributed by atoms with E-state index in [1.165, 1.54) is 12.1 Å². The van der Waals surface area contributed by atoms with Gasteiger partial charge in [-0.3, -0.25) is 0 Å². The molecular weight excluding hydrogens is 235 g/mol. The van der Waals surface area contributed by atoms with Gasteiger partial charge >= 0.3 is 0 Å². The highest BCUT2D eigenvalue weighted by atomic mass is 32.2. The van der Waals surface area contributed by atoms with E-state index in [1.54, 1.807) is 12.1 Å². The Morgan fingerprint density at radius 2 is 1.88 bits per heavy atom. The molecule has 0 heterocycles. The number of hydrogen-bond donors (Lipinski definition) is 1. The molecule has 1 rings (SSSR count). The highest BCUT2D eigenvalue weighted by Crippen LogP contribution is 2.24. The first-order valence-electron chi connectivity index (χ1n) is 5.78. The van der Waals surface area contributed by atoms with Crippen molar-refractivity contribution in [2.24, 2.45) is 5.73 Å². The van der Waals surface area contributed by atoms with Crippen LogP contribution in [-0.4, -0.2) is 36.5 Å². The second kappa shape index (κ2) is 6.99. The second-order valence-corrected chi connectivity index (χ2v) is 5.94. The molecule has 0 aliphatic carbocycles. The van der Waals surface area contributed by atoms with E-state index in [1.807, 2.05) is 11.8 Å². The summed E-state index contributed by atoms with van der Waals surface area (Å²) < 4.78 is 12.8. The van der Waals surface area contributed by atoms with E-state index in [0.29, 0.717) is 5.25 Å². The Hall–Kier alpha value is -0.580. The van der Waals surface area contributed by atoms with Crippen molar-refractivity contribution in [2.45, 2.75) is 18.2 Å². The minimum Gasteiger partial charge on any atom is -0.323 e. The molecule has 0 amide bonds. The fourth-order valence-electron chi connectivity index (χ4n) is 1.48. The van der Waals surface area contributed by atoms with Gasteiger partial charge in [0.15, 0.2) is 0 Å². The van der Waals surface area contributed by atoms with Gasteiger partial charge in [0.25, 0.3) is 0 Å². The van der Waals surface area contributed by atoms with Crippen molar-refractivity contribution in [1.82, 2.24) is 4.90 Å². The van der Waals surface area contributed by atoms with Crippen LogP contribution in [0.25, 0.3) is 0 Å². The standard InChI is InChI=1S/C13H21FN2S/c1-10(17-9-8-16(2)3)13(15)11-4-6-12(14)7-5-11/h4-7,10,13H,8-9,15H2,1-3H3. The Kier molecular flexibility index (Phi) is 5.95. The summed E-state index contributed by atoms with van der Waals surface area (Å²) in [5, 5.41) is 0.334. The molecule has 17 heavy (non-hydrogen) atoms. The monoisotopic (exact) mass is 256 g/mol. The molecule has 0 saturated carbocycles. The van der Waals surface area contributed by atoms with Gasteiger partial charge in [-0.1, -0.05) is 19.1 Å². The molecule has 4 heteroatoms. The Balaban J connectivity index is 2.45. The molecule has 1 aromatic carbocycles. The number of hydrogen-bond acceptors (Lipinski definition) is 3. The summed E-state index contributed by atoms with van der Waals surface area (Å²) in [5.74, 6) is 0.845. The fourth-order valence-corrected chi connectivity index (χ4v) is 2.69. The largest absolute Gasteiger partial charge is 0.323 e. The van der Waals surface area contributed by atoms with Gasteiger partial charge in [0.1, 0.15) is 5.82 Å². The van der Waals surface area contributed by atoms with Gasteiger partial charge in [0.2, 0.25) is 0 Å². The molecule has 0 fully saturated rings. The van der Waals surface area contributed by atoms with Gasteiger partial charge in [-0.05, 0) is 31.8 Å². The molecule has 0 aliphatic heterocycles. The van der Waals surface area contributed by atoms with Crippen LogP contribution in [-0.2, 0) is 0 Å². The number of benzene rings is 1. The maximum atomic E-state index is 12.8. The molecule has 2 unspecified atom stereocenters. The van der Waals surface area contributed by atoms with Crippen molar-refractivity contribution in [3.63, 3.8) is 0 Å². The van der Waals surface area contributed by atoms with Crippen LogP contribution in [0.3, 0.4) is 0 Å². The molecule has 96 valence electrons. The molecule has 1 aromatic rings. The predicted octanol–water partition coefficient (Wildman–Crippen LogP) is 2.51. The Morgan fingerprint density at radius 3 is 2.41 bits per heavy atom. The second-order valence-electron chi connectivity index (χ2n) is 4.46. The maximum absolute atomic E-state index is 12.8. The van der Waals surface area contributed by atoms with Crippen LogP contribution < -0.4 is 5.73 Å². The molecular formula is C13H21FN2S. The molecule has 0 aromatic heterocycles. The number of halogens is 1. The lowest BCUT2D eigenvalue weighted by molar-refractivity contribution is 0.437. The molecule has 0 bridgehead atoms. The lowest BCUT2D eigenvalue weighted by Gasteiger charge is -2.20. The van der Waals surface area contributed by atoms with Crippen LogP contribution >= 0.6 is 11.8 Å². The lowest BCUT2D eigenvalue weighted by atomic mass is 10.1. The summed E-state index contributed by atoms with van der Waals surface area (Å²) in [6.07, 6.45) is 0. The van der Waals surface area contributed by atoms with Crippen molar-refractivity contribution in [3.05, 3.63) is 35.6 Å². The van der Waals surface area contributed by atoms with Gasteiger partial charge in [0.05, 0.1) is 0 Å². The number of nitrogens with zero attached hydrogens (tertiary/aromatic N) is 1. The highest BCUT2D eigenvalue weighted by molar-refractivity contribution is 7.99. The average molecular weight is 256 g/mol. The van der Waals surface area contributed by atoms with Crippen molar-refractivity contribution in [3.8, 4) is 0 Å². The van der Waals surface area contributed by atoms with Crippen LogP contribution in [0.5, 0.6) is 0 Å². The molecule has 0 aliphatic rings. The van der Waals surface area contributed by atoms with Gasteiger partial charge in [0, 0.05) is 23.6 Å². The molecule has 0 radical (unpaired) electrons. The van der Waals surface area contributed by atoms with Crippen molar-refractivity contribution >= 4 is 11.8 Å². The summed E-state index contributed by atoms with van der Waals surface area (Å²) in [4.78, 5) is 2.16. The van der Waals surface area contributed by atoms with E-state index < -0.39 is 0 Å².